The van der Waals surface area contributed by atoms with Gasteiger partial charge in [0.1, 0.15) is 5.75 Å². The van der Waals surface area contributed by atoms with Gasteiger partial charge in [0.05, 0.1) is 13.7 Å². The summed E-state index contributed by atoms with van der Waals surface area (Å²) in [5.74, 6) is 3.53. The fourth-order valence-electron chi connectivity index (χ4n) is 6.67. The van der Waals surface area contributed by atoms with Crippen LogP contribution in [0.1, 0.15) is 70.4 Å². The van der Waals surface area contributed by atoms with E-state index in [-0.39, 0.29) is 5.97 Å². The SMILES string of the molecule is CCOC(=O)/C=C(C)/C=C/C=C(\C)c1ccc(C23CC4CC(CC(C4)C2)C3)c(OC)c1. The summed E-state index contributed by atoms with van der Waals surface area (Å²) in [6.45, 7) is 6.23. The molecule has 0 saturated heterocycles. The first-order valence-corrected chi connectivity index (χ1v) is 11.8. The highest BCUT2D eigenvalue weighted by molar-refractivity contribution is 5.83. The summed E-state index contributed by atoms with van der Waals surface area (Å²) in [5.41, 5.74) is 5.01. The van der Waals surface area contributed by atoms with Crippen LogP contribution in [0, 0.1) is 17.8 Å². The summed E-state index contributed by atoms with van der Waals surface area (Å²) in [7, 11) is 1.81. The smallest absolute Gasteiger partial charge is 0.330 e. The molecule has 31 heavy (non-hydrogen) atoms. The van der Waals surface area contributed by atoms with Gasteiger partial charge < -0.3 is 9.47 Å². The number of rotatable bonds is 7. The first-order chi connectivity index (χ1) is 14.9. The molecule has 4 fully saturated rings. The molecule has 4 aliphatic carbocycles. The summed E-state index contributed by atoms with van der Waals surface area (Å²) in [5, 5.41) is 0. The third kappa shape index (κ3) is 4.66. The summed E-state index contributed by atoms with van der Waals surface area (Å²) < 4.78 is 10.9. The van der Waals surface area contributed by atoms with Gasteiger partial charge in [0, 0.05) is 11.6 Å². The van der Waals surface area contributed by atoms with Crippen molar-refractivity contribution in [2.45, 2.75) is 64.7 Å². The van der Waals surface area contributed by atoms with Crippen molar-refractivity contribution in [3.63, 3.8) is 0 Å². The zero-order valence-electron chi connectivity index (χ0n) is 19.4. The zero-order valence-corrected chi connectivity index (χ0v) is 19.4. The fourth-order valence-corrected chi connectivity index (χ4v) is 6.67. The topological polar surface area (TPSA) is 35.5 Å². The Kier molecular flexibility index (Phi) is 6.41. The molecule has 0 unspecified atom stereocenters. The molecule has 0 heterocycles. The van der Waals surface area contributed by atoms with Crippen molar-refractivity contribution in [1.29, 1.82) is 0 Å². The Labute approximate surface area is 187 Å². The van der Waals surface area contributed by atoms with E-state index < -0.39 is 0 Å². The maximum atomic E-state index is 11.5. The highest BCUT2D eigenvalue weighted by atomic mass is 16.5. The van der Waals surface area contributed by atoms with Crippen LogP contribution in [0.5, 0.6) is 5.75 Å². The van der Waals surface area contributed by atoms with E-state index in [1.54, 1.807) is 0 Å². The first kappa shape index (κ1) is 21.9. The number of carbonyl (C=O) groups excluding carboxylic acids is 1. The molecule has 4 bridgehead atoms. The zero-order chi connectivity index (χ0) is 22.0. The number of methoxy groups -OCH3 is 1. The van der Waals surface area contributed by atoms with Crippen LogP contribution in [0.4, 0.5) is 0 Å². The second-order valence-corrected chi connectivity index (χ2v) is 9.96. The molecule has 0 atom stereocenters. The van der Waals surface area contributed by atoms with Gasteiger partial charge in [-0.2, -0.15) is 0 Å². The summed E-state index contributed by atoms with van der Waals surface area (Å²) in [4.78, 5) is 11.5. The average molecular weight is 421 g/mol. The summed E-state index contributed by atoms with van der Waals surface area (Å²) in [6.07, 6.45) is 15.9. The van der Waals surface area contributed by atoms with Crippen LogP contribution in [-0.4, -0.2) is 19.7 Å². The molecule has 3 nitrogen and oxygen atoms in total. The van der Waals surface area contributed by atoms with Gasteiger partial charge in [-0.3, -0.25) is 0 Å². The van der Waals surface area contributed by atoms with Gasteiger partial charge in [0.2, 0.25) is 0 Å². The van der Waals surface area contributed by atoms with E-state index in [9.17, 15) is 4.79 Å². The predicted molar refractivity (Wildman–Crippen MR) is 126 cm³/mol. The van der Waals surface area contributed by atoms with Crippen molar-refractivity contribution in [2.75, 3.05) is 13.7 Å². The second-order valence-electron chi connectivity index (χ2n) is 9.96. The molecule has 1 aromatic rings. The van der Waals surface area contributed by atoms with Crippen LogP contribution >= 0.6 is 0 Å². The standard InChI is InChI=1S/C28H36O3/c1-5-31-27(29)11-19(2)7-6-8-20(3)24-9-10-25(26(15-24)30-4)28-16-21-12-22(17-28)14-23(13-21)18-28/h6-11,15,21-23H,5,12-14,16-18H2,1-4H3/b7-6+,19-11+,20-8+. The highest BCUT2D eigenvalue weighted by Crippen LogP contribution is 2.61. The number of ether oxygens (including phenoxy) is 2. The number of benzene rings is 1. The van der Waals surface area contributed by atoms with Gasteiger partial charge in [0.25, 0.3) is 0 Å². The number of hydrogen-bond donors (Lipinski definition) is 0. The quantitative estimate of drug-likeness (QED) is 0.282. The van der Waals surface area contributed by atoms with Crippen LogP contribution in [-0.2, 0) is 14.9 Å². The van der Waals surface area contributed by atoms with E-state index in [0.717, 1.165) is 29.1 Å². The Hall–Kier alpha value is -2.29. The summed E-state index contributed by atoms with van der Waals surface area (Å²) >= 11 is 0. The van der Waals surface area contributed by atoms with Gasteiger partial charge in [-0.15, -0.1) is 0 Å². The van der Waals surface area contributed by atoms with E-state index in [0.29, 0.717) is 12.0 Å². The summed E-state index contributed by atoms with van der Waals surface area (Å²) in [6, 6.07) is 6.82. The molecular weight excluding hydrogens is 384 g/mol. The molecule has 0 aliphatic heterocycles. The Balaban J connectivity index is 1.52. The van der Waals surface area contributed by atoms with Crippen molar-refractivity contribution in [2.24, 2.45) is 17.8 Å². The lowest BCUT2D eigenvalue weighted by molar-refractivity contribution is -0.137. The largest absolute Gasteiger partial charge is 0.496 e. The molecule has 1 aromatic carbocycles. The molecule has 5 rings (SSSR count). The minimum atomic E-state index is -0.296. The number of carbonyl (C=O) groups is 1. The van der Waals surface area contributed by atoms with Gasteiger partial charge in [0.15, 0.2) is 0 Å². The van der Waals surface area contributed by atoms with E-state index in [2.05, 4.69) is 31.2 Å². The Bertz CT molecular complexity index is 883. The predicted octanol–water partition coefficient (Wildman–Crippen LogP) is 6.63. The third-order valence-corrected chi connectivity index (χ3v) is 7.60. The lowest BCUT2D eigenvalue weighted by Crippen LogP contribution is -2.48. The molecule has 3 heteroatoms. The monoisotopic (exact) mass is 420 g/mol. The van der Waals surface area contributed by atoms with Gasteiger partial charge >= 0.3 is 5.97 Å². The van der Waals surface area contributed by atoms with Crippen LogP contribution in [0.3, 0.4) is 0 Å². The van der Waals surface area contributed by atoms with E-state index in [4.69, 9.17) is 9.47 Å². The number of esters is 1. The molecule has 0 spiro atoms. The minimum absolute atomic E-state index is 0.296. The number of hydrogen-bond acceptors (Lipinski definition) is 3. The fraction of sp³-hybridized carbons (Fsp3) is 0.536. The van der Waals surface area contributed by atoms with Crippen molar-refractivity contribution in [3.8, 4) is 5.75 Å². The molecule has 4 aliphatic rings. The first-order valence-electron chi connectivity index (χ1n) is 11.8. The third-order valence-electron chi connectivity index (χ3n) is 7.60. The van der Waals surface area contributed by atoms with Crippen LogP contribution in [0.2, 0.25) is 0 Å². The van der Waals surface area contributed by atoms with E-state index >= 15 is 0 Å². The Morgan fingerprint density at radius 3 is 2.32 bits per heavy atom. The minimum Gasteiger partial charge on any atom is -0.496 e. The van der Waals surface area contributed by atoms with Crippen LogP contribution in [0.25, 0.3) is 5.57 Å². The molecule has 166 valence electrons. The lowest BCUT2D eigenvalue weighted by Gasteiger charge is -2.57. The van der Waals surface area contributed by atoms with Crippen molar-refractivity contribution < 1.29 is 14.3 Å². The van der Waals surface area contributed by atoms with Gasteiger partial charge in [-0.25, -0.2) is 4.79 Å². The Morgan fingerprint density at radius 2 is 1.74 bits per heavy atom. The lowest BCUT2D eigenvalue weighted by atomic mass is 9.48. The molecule has 0 amide bonds. The Morgan fingerprint density at radius 1 is 1.10 bits per heavy atom. The van der Waals surface area contributed by atoms with Crippen LogP contribution < -0.4 is 4.74 Å². The maximum absolute atomic E-state index is 11.5. The molecule has 0 N–H and O–H groups in total. The molecule has 4 saturated carbocycles. The normalized spacial score (nSPS) is 30.1. The van der Waals surface area contributed by atoms with Gasteiger partial charge in [-0.05, 0) is 105 Å². The van der Waals surface area contributed by atoms with Crippen molar-refractivity contribution in [3.05, 3.63) is 59.2 Å². The maximum Gasteiger partial charge on any atom is 0.330 e. The van der Waals surface area contributed by atoms with Crippen molar-refractivity contribution in [1.82, 2.24) is 0 Å². The molecule has 0 aromatic heterocycles. The average Bonchev–Trinajstić information content (AvgIpc) is 2.72. The molecular formula is C28H36O3. The second kappa shape index (κ2) is 9.06. The van der Waals surface area contributed by atoms with Crippen LogP contribution in [0.15, 0.2) is 48.1 Å². The van der Waals surface area contributed by atoms with Crippen molar-refractivity contribution >= 4 is 11.5 Å². The number of allylic oxidation sites excluding steroid dienone is 5. The molecule has 0 radical (unpaired) electrons. The van der Waals surface area contributed by atoms with E-state index in [1.807, 2.05) is 33.1 Å². The van der Waals surface area contributed by atoms with E-state index in [1.165, 1.54) is 61.3 Å². The van der Waals surface area contributed by atoms with Gasteiger partial charge in [-0.1, -0.05) is 30.4 Å². The highest BCUT2D eigenvalue weighted by Gasteiger charge is 2.52.